The average molecular weight is 424 g/mol. The van der Waals surface area contributed by atoms with Gasteiger partial charge in [0.25, 0.3) is 5.91 Å². The van der Waals surface area contributed by atoms with Crippen molar-refractivity contribution >= 4 is 11.8 Å². The van der Waals surface area contributed by atoms with Gasteiger partial charge in [-0.05, 0) is 48.1 Å². The Balaban J connectivity index is 1.40. The number of carbonyl (C=O) groups excluding carboxylic acids is 2. The van der Waals surface area contributed by atoms with Crippen LogP contribution in [0, 0.1) is 0 Å². The van der Waals surface area contributed by atoms with Gasteiger partial charge in [0.2, 0.25) is 5.91 Å². The molecule has 2 heterocycles. The van der Waals surface area contributed by atoms with Crippen LogP contribution in [-0.2, 0) is 10.2 Å². The number of hydrogen-bond donors (Lipinski definition) is 0. The first-order chi connectivity index (χ1) is 14.8. The second-order valence-corrected chi connectivity index (χ2v) is 8.99. The summed E-state index contributed by atoms with van der Waals surface area (Å²) in [6.07, 6.45) is 5.16. The van der Waals surface area contributed by atoms with Gasteiger partial charge >= 0.3 is 0 Å². The normalized spacial score (nSPS) is 14.8. The summed E-state index contributed by atoms with van der Waals surface area (Å²) in [5, 5.41) is 0. The molecule has 0 unspecified atom stereocenters. The van der Waals surface area contributed by atoms with Gasteiger partial charge in [0, 0.05) is 45.0 Å². The van der Waals surface area contributed by atoms with Crippen LogP contribution < -0.4 is 4.74 Å². The quantitative estimate of drug-likeness (QED) is 0.661. The highest BCUT2D eigenvalue weighted by Gasteiger charge is 2.22. The molecule has 0 bridgehead atoms. The number of rotatable bonds is 6. The molecule has 0 N–H and O–H groups in total. The Labute approximate surface area is 185 Å². The zero-order valence-corrected chi connectivity index (χ0v) is 18.8. The van der Waals surface area contributed by atoms with E-state index in [0.29, 0.717) is 51.2 Å². The monoisotopic (exact) mass is 423 g/mol. The fraction of sp³-hybridized carbons (Fsp3) is 0.480. The van der Waals surface area contributed by atoms with Gasteiger partial charge in [0.05, 0.1) is 12.2 Å². The molecule has 6 nitrogen and oxygen atoms in total. The van der Waals surface area contributed by atoms with Gasteiger partial charge in [-0.1, -0.05) is 32.9 Å². The van der Waals surface area contributed by atoms with E-state index in [9.17, 15) is 9.59 Å². The standard InChI is InChI=1S/C25H33N3O3/c1-25(2,3)21-9-11-22(12-10-21)31-18-5-8-23(29)27-14-6-15-28(17-16-27)24(30)20-7-4-13-26-19-20/h4,7,9-13,19H,5-6,8,14-18H2,1-3H3. The van der Waals surface area contributed by atoms with Gasteiger partial charge in [-0.3, -0.25) is 14.6 Å². The molecule has 1 aromatic heterocycles. The lowest BCUT2D eigenvalue weighted by Crippen LogP contribution is -2.37. The number of ether oxygens (including phenoxy) is 1. The molecule has 6 heteroatoms. The van der Waals surface area contributed by atoms with E-state index in [0.717, 1.165) is 12.2 Å². The molecule has 31 heavy (non-hydrogen) atoms. The van der Waals surface area contributed by atoms with E-state index >= 15 is 0 Å². The number of aromatic nitrogens is 1. The highest BCUT2D eigenvalue weighted by Crippen LogP contribution is 2.24. The Morgan fingerprint density at radius 3 is 2.39 bits per heavy atom. The number of nitrogens with zero attached hydrogens (tertiary/aromatic N) is 3. The zero-order valence-electron chi connectivity index (χ0n) is 18.8. The third kappa shape index (κ3) is 6.54. The predicted molar refractivity (Wildman–Crippen MR) is 121 cm³/mol. The smallest absolute Gasteiger partial charge is 0.255 e. The predicted octanol–water partition coefficient (Wildman–Crippen LogP) is 3.91. The van der Waals surface area contributed by atoms with Crippen molar-refractivity contribution in [3.05, 3.63) is 59.9 Å². The molecule has 3 rings (SSSR count). The molecule has 0 spiro atoms. The summed E-state index contributed by atoms with van der Waals surface area (Å²) in [5.41, 5.74) is 1.98. The van der Waals surface area contributed by atoms with E-state index < -0.39 is 0 Å². The van der Waals surface area contributed by atoms with E-state index in [2.05, 4.69) is 37.9 Å². The Bertz CT molecular complexity index is 860. The first-order valence-corrected chi connectivity index (χ1v) is 11.0. The molecule has 0 aliphatic carbocycles. The molecular formula is C25H33N3O3. The third-order valence-electron chi connectivity index (χ3n) is 5.57. The van der Waals surface area contributed by atoms with Crippen molar-refractivity contribution in [2.75, 3.05) is 32.8 Å². The second kappa shape index (κ2) is 10.4. The van der Waals surface area contributed by atoms with Crippen LogP contribution in [0.3, 0.4) is 0 Å². The maximum absolute atomic E-state index is 12.6. The largest absolute Gasteiger partial charge is 0.494 e. The zero-order chi connectivity index (χ0) is 22.3. The van der Waals surface area contributed by atoms with E-state index in [1.165, 1.54) is 5.56 Å². The highest BCUT2D eigenvalue weighted by atomic mass is 16.5. The minimum Gasteiger partial charge on any atom is -0.494 e. The fourth-order valence-corrected chi connectivity index (χ4v) is 3.66. The van der Waals surface area contributed by atoms with Crippen molar-refractivity contribution in [2.24, 2.45) is 0 Å². The molecule has 1 aliphatic rings. The van der Waals surface area contributed by atoms with Crippen LogP contribution in [-0.4, -0.2) is 59.4 Å². The summed E-state index contributed by atoms with van der Waals surface area (Å²) in [7, 11) is 0. The van der Waals surface area contributed by atoms with Crippen molar-refractivity contribution in [3.63, 3.8) is 0 Å². The number of pyridine rings is 1. The van der Waals surface area contributed by atoms with Gasteiger partial charge in [0.15, 0.2) is 0 Å². The molecule has 166 valence electrons. The maximum Gasteiger partial charge on any atom is 0.255 e. The Morgan fingerprint density at radius 1 is 1.00 bits per heavy atom. The summed E-state index contributed by atoms with van der Waals surface area (Å²) in [4.78, 5) is 32.9. The van der Waals surface area contributed by atoms with Crippen LogP contribution >= 0.6 is 0 Å². The van der Waals surface area contributed by atoms with Crippen molar-refractivity contribution in [1.29, 1.82) is 0 Å². The second-order valence-electron chi connectivity index (χ2n) is 8.99. The van der Waals surface area contributed by atoms with Crippen LogP contribution in [0.15, 0.2) is 48.8 Å². The van der Waals surface area contributed by atoms with Crippen LogP contribution in [0.5, 0.6) is 5.75 Å². The first kappa shape index (κ1) is 22.8. The van der Waals surface area contributed by atoms with Crippen molar-refractivity contribution in [2.45, 2.75) is 45.4 Å². The van der Waals surface area contributed by atoms with Crippen molar-refractivity contribution < 1.29 is 14.3 Å². The lowest BCUT2D eigenvalue weighted by molar-refractivity contribution is -0.131. The molecule has 1 aromatic carbocycles. The van der Waals surface area contributed by atoms with E-state index in [-0.39, 0.29) is 17.2 Å². The lowest BCUT2D eigenvalue weighted by atomic mass is 9.87. The maximum atomic E-state index is 12.6. The minimum absolute atomic E-state index is 0.0201. The average Bonchev–Trinajstić information content (AvgIpc) is 3.03. The summed E-state index contributed by atoms with van der Waals surface area (Å²) < 4.78 is 5.80. The number of amides is 2. The molecule has 2 amide bonds. The molecule has 0 saturated carbocycles. The van der Waals surface area contributed by atoms with Gasteiger partial charge in [-0.2, -0.15) is 0 Å². The van der Waals surface area contributed by atoms with E-state index in [1.54, 1.807) is 24.5 Å². The first-order valence-electron chi connectivity index (χ1n) is 11.0. The summed E-state index contributed by atoms with van der Waals surface area (Å²) >= 11 is 0. The van der Waals surface area contributed by atoms with Gasteiger partial charge in [-0.15, -0.1) is 0 Å². The van der Waals surface area contributed by atoms with Gasteiger partial charge in [0.1, 0.15) is 5.75 Å². The van der Waals surface area contributed by atoms with Crippen molar-refractivity contribution in [3.8, 4) is 5.75 Å². The van der Waals surface area contributed by atoms with Crippen LogP contribution in [0.4, 0.5) is 0 Å². The van der Waals surface area contributed by atoms with Crippen LogP contribution in [0.25, 0.3) is 0 Å². The minimum atomic E-state index is -0.0201. The molecule has 0 atom stereocenters. The summed E-state index contributed by atoms with van der Waals surface area (Å²) in [6.45, 7) is 9.54. The molecule has 1 aliphatic heterocycles. The summed E-state index contributed by atoms with van der Waals surface area (Å²) in [6, 6.07) is 11.7. The molecule has 1 fully saturated rings. The van der Waals surface area contributed by atoms with Crippen LogP contribution in [0.1, 0.15) is 56.0 Å². The van der Waals surface area contributed by atoms with E-state index in [4.69, 9.17) is 4.74 Å². The SMILES string of the molecule is CC(C)(C)c1ccc(OCCCC(=O)N2CCCN(C(=O)c3cccnc3)CC2)cc1. The van der Waals surface area contributed by atoms with E-state index in [1.807, 2.05) is 21.9 Å². The Hall–Kier alpha value is -2.89. The molecule has 0 radical (unpaired) electrons. The topological polar surface area (TPSA) is 62.7 Å². The third-order valence-corrected chi connectivity index (χ3v) is 5.57. The Kier molecular flexibility index (Phi) is 7.66. The number of benzene rings is 1. The van der Waals surface area contributed by atoms with Gasteiger partial charge in [-0.25, -0.2) is 0 Å². The number of hydrogen-bond acceptors (Lipinski definition) is 4. The Morgan fingerprint density at radius 2 is 1.71 bits per heavy atom. The number of carbonyl (C=O) groups is 2. The highest BCUT2D eigenvalue weighted by molar-refractivity contribution is 5.94. The van der Waals surface area contributed by atoms with Crippen LogP contribution in [0.2, 0.25) is 0 Å². The molecular weight excluding hydrogens is 390 g/mol. The fourth-order valence-electron chi connectivity index (χ4n) is 3.66. The molecule has 2 aromatic rings. The van der Waals surface area contributed by atoms with Gasteiger partial charge < -0.3 is 14.5 Å². The summed E-state index contributed by atoms with van der Waals surface area (Å²) in [5.74, 6) is 0.940. The molecule has 1 saturated heterocycles. The lowest BCUT2D eigenvalue weighted by Gasteiger charge is -2.22. The van der Waals surface area contributed by atoms with Crippen molar-refractivity contribution in [1.82, 2.24) is 14.8 Å².